The molecule has 0 spiro atoms. The van der Waals surface area contributed by atoms with Gasteiger partial charge in [-0.2, -0.15) is 0 Å². The zero-order valence-electron chi connectivity index (χ0n) is 20.1. The highest BCUT2D eigenvalue weighted by Gasteiger charge is 2.42. The van der Waals surface area contributed by atoms with Crippen LogP contribution in [0.15, 0.2) is 48.5 Å². The summed E-state index contributed by atoms with van der Waals surface area (Å²) in [6.07, 6.45) is 2.32. The molecule has 0 aromatic heterocycles. The number of hydrogen-bond acceptors (Lipinski definition) is 6. The van der Waals surface area contributed by atoms with Crippen molar-refractivity contribution in [2.24, 2.45) is 0 Å². The van der Waals surface area contributed by atoms with Crippen LogP contribution >= 0.6 is 0 Å². The summed E-state index contributed by atoms with van der Waals surface area (Å²) in [6, 6.07) is 13.8. The molecule has 0 saturated carbocycles. The Hall–Kier alpha value is -4.00. The topological polar surface area (TPSA) is 90.0 Å². The molecular formula is C28H27NO6. The molecule has 7 heteroatoms. The molecule has 2 aliphatic carbocycles. The van der Waals surface area contributed by atoms with Crippen LogP contribution in [0.5, 0.6) is 0 Å². The summed E-state index contributed by atoms with van der Waals surface area (Å²) < 4.78 is 10.2. The van der Waals surface area contributed by atoms with Crippen LogP contribution in [0.1, 0.15) is 68.9 Å². The highest BCUT2D eigenvalue weighted by Crippen LogP contribution is 2.46. The SMILES string of the molecule is CCCCc1c2ccc(CC(=O)OC)ccc-2c(C(=O)OCC)c1N1C(=O)c2ccccc2C1=O. The van der Waals surface area contributed by atoms with Crippen molar-refractivity contribution in [3.63, 3.8) is 0 Å². The lowest BCUT2D eigenvalue weighted by molar-refractivity contribution is -0.139. The van der Waals surface area contributed by atoms with Gasteiger partial charge in [-0.1, -0.05) is 49.7 Å². The maximum absolute atomic E-state index is 13.4. The molecule has 180 valence electrons. The number of hydrogen-bond donors (Lipinski definition) is 0. The molecule has 0 atom stereocenters. The summed E-state index contributed by atoms with van der Waals surface area (Å²) >= 11 is 0. The number of fused-ring (bicyclic) bond motifs is 2. The van der Waals surface area contributed by atoms with E-state index in [4.69, 9.17) is 9.47 Å². The van der Waals surface area contributed by atoms with E-state index in [9.17, 15) is 19.2 Å². The average molecular weight is 474 g/mol. The van der Waals surface area contributed by atoms with E-state index in [-0.39, 0.29) is 24.6 Å². The van der Waals surface area contributed by atoms with Crippen LogP contribution in [-0.4, -0.2) is 37.5 Å². The number of imide groups is 1. The number of rotatable bonds is 8. The van der Waals surface area contributed by atoms with Gasteiger partial charge in [-0.15, -0.1) is 0 Å². The predicted octanol–water partition coefficient (Wildman–Crippen LogP) is 4.83. The van der Waals surface area contributed by atoms with Crippen molar-refractivity contribution in [2.45, 2.75) is 39.5 Å². The monoisotopic (exact) mass is 473 g/mol. The van der Waals surface area contributed by atoms with E-state index in [1.807, 2.05) is 13.0 Å². The van der Waals surface area contributed by atoms with Crippen LogP contribution in [0.3, 0.4) is 0 Å². The Morgan fingerprint density at radius 2 is 1.49 bits per heavy atom. The van der Waals surface area contributed by atoms with Crippen LogP contribution < -0.4 is 4.90 Å². The van der Waals surface area contributed by atoms with Gasteiger partial charge in [-0.3, -0.25) is 14.4 Å². The van der Waals surface area contributed by atoms with Crippen molar-refractivity contribution in [3.05, 3.63) is 76.3 Å². The first kappa shape index (κ1) is 24.1. The summed E-state index contributed by atoms with van der Waals surface area (Å²) in [5, 5.41) is 0. The van der Waals surface area contributed by atoms with Crippen molar-refractivity contribution in [3.8, 4) is 11.1 Å². The first-order chi connectivity index (χ1) is 16.9. The zero-order chi connectivity index (χ0) is 25.1. The van der Waals surface area contributed by atoms with Crippen molar-refractivity contribution in [1.29, 1.82) is 0 Å². The molecule has 4 rings (SSSR count). The minimum absolute atomic E-state index is 0.0814. The van der Waals surface area contributed by atoms with E-state index in [0.29, 0.717) is 34.4 Å². The number of methoxy groups -OCH3 is 1. The van der Waals surface area contributed by atoms with Gasteiger partial charge in [0.05, 0.1) is 42.5 Å². The molecule has 3 aliphatic rings. The second kappa shape index (κ2) is 10.1. The molecule has 1 heterocycles. The summed E-state index contributed by atoms with van der Waals surface area (Å²) in [5.74, 6) is -1.90. The number of ether oxygens (including phenoxy) is 2. The van der Waals surface area contributed by atoms with Crippen molar-refractivity contribution < 1.29 is 28.7 Å². The Balaban J connectivity index is 1.98. The Bertz CT molecular complexity index is 1260. The summed E-state index contributed by atoms with van der Waals surface area (Å²) in [4.78, 5) is 53.0. The van der Waals surface area contributed by atoms with Gasteiger partial charge in [-0.25, -0.2) is 9.69 Å². The highest BCUT2D eigenvalue weighted by atomic mass is 16.5. The molecule has 1 aliphatic heterocycles. The third-order valence-electron chi connectivity index (χ3n) is 6.19. The van der Waals surface area contributed by atoms with Crippen LogP contribution in [0.25, 0.3) is 11.1 Å². The maximum atomic E-state index is 13.4. The Morgan fingerprint density at radius 1 is 0.857 bits per heavy atom. The number of nitrogens with zero attached hydrogens (tertiary/aromatic N) is 1. The minimum atomic E-state index is -0.604. The van der Waals surface area contributed by atoms with Crippen molar-refractivity contribution >= 4 is 29.4 Å². The average Bonchev–Trinajstić information content (AvgIpc) is 3.19. The second-order valence-corrected chi connectivity index (χ2v) is 8.34. The van der Waals surface area contributed by atoms with E-state index in [1.54, 1.807) is 49.4 Å². The lowest BCUT2D eigenvalue weighted by Gasteiger charge is -2.18. The molecule has 0 N–H and O–H groups in total. The first-order valence-electron chi connectivity index (χ1n) is 11.7. The zero-order valence-corrected chi connectivity index (χ0v) is 20.1. The highest BCUT2D eigenvalue weighted by molar-refractivity contribution is 6.36. The third-order valence-corrected chi connectivity index (χ3v) is 6.19. The van der Waals surface area contributed by atoms with E-state index in [2.05, 4.69) is 0 Å². The van der Waals surface area contributed by atoms with Gasteiger partial charge in [0.2, 0.25) is 0 Å². The molecule has 35 heavy (non-hydrogen) atoms. The molecule has 0 unspecified atom stereocenters. The first-order valence-corrected chi connectivity index (χ1v) is 11.7. The molecule has 1 aromatic rings. The van der Waals surface area contributed by atoms with Crippen molar-refractivity contribution in [1.82, 2.24) is 0 Å². The van der Waals surface area contributed by atoms with Crippen LogP contribution in [0.2, 0.25) is 0 Å². The number of amides is 2. The minimum Gasteiger partial charge on any atom is -0.469 e. The number of unbranched alkanes of at least 4 members (excludes halogenated alkanes) is 1. The maximum Gasteiger partial charge on any atom is 0.340 e. The largest absolute Gasteiger partial charge is 0.469 e. The summed E-state index contributed by atoms with van der Waals surface area (Å²) in [5.41, 5.74) is 3.85. The number of carbonyl (C=O) groups excluding carboxylic acids is 4. The van der Waals surface area contributed by atoms with E-state index in [0.717, 1.165) is 28.9 Å². The fourth-order valence-electron chi connectivity index (χ4n) is 4.52. The third kappa shape index (κ3) is 4.30. The Labute approximate surface area is 204 Å². The standard InChI is InChI=1S/C28H27NO6/c1-4-6-9-20-18-14-12-17(16-23(30)34-3)13-15-19(18)24(28(33)35-5-2)25(20)29-26(31)21-10-7-8-11-22(21)27(29)32/h7-8,10-15H,4-6,9,16H2,1-3H3. The predicted molar refractivity (Wildman–Crippen MR) is 131 cm³/mol. The Kier molecular flexibility index (Phi) is 6.96. The molecular weight excluding hydrogens is 446 g/mol. The van der Waals surface area contributed by atoms with Gasteiger partial charge >= 0.3 is 11.9 Å². The number of anilines is 1. The van der Waals surface area contributed by atoms with E-state index < -0.39 is 17.8 Å². The van der Waals surface area contributed by atoms with Gasteiger partial charge in [0.1, 0.15) is 0 Å². The van der Waals surface area contributed by atoms with Crippen LogP contribution in [0.4, 0.5) is 5.69 Å². The van der Waals surface area contributed by atoms with Gasteiger partial charge in [0.25, 0.3) is 11.8 Å². The number of carbonyl (C=O) groups is 4. The van der Waals surface area contributed by atoms with Crippen molar-refractivity contribution in [2.75, 3.05) is 18.6 Å². The quantitative estimate of drug-likeness (QED) is 0.344. The van der Waals surface area contributed by atoms with Gasteiger partial charge in [0.15, 0.2) is 0 Å². The lowest BCUT2D eigenvalue weighted by Crippen LogP contribution is -2.31. The fraction of sp³-hybridized carbons (Fsp3) is 0.286. The summed E-state index contributed by atoms with van der Waals surface area (Å²) in [6.45, 7) is 3.90. The van der Waals surface area contributed by atoms with Crippen LogP contribution in [-0.2, 0) is 27.1 Å². The van der Waals surface area contributed by atoms with E-state index in [1.165, 1.54) is 7.11 Å². The molecule has 1 aromatic carbocycles. The molecule has 2 amide bonds. The molecule has 7 nitrogen and oxygen atoms in total. The number of benzene rings is 1. The lowest BCUT2D eigenvalue weighted by atomic mass is 10.0. The van der Waals surface area contributed by atoms with E-state index >= 15 is 0 Å². The molecule has 0 fully saturated rings. The normalized spacial score (nSPS) is 12.7. The van der Waals surface area contributed by atoms with Gasteiger partial charge < -0.3 is 9.47 Å². The number of esters is 2. The Morgan fingerprint density at radius 3 is 2.06 bits per heavy atom. The van der Waals surface area contributed by atoms with Gasteiger partial charge in [0, 0.05) is 0 Å². The molecule has 0 radical (unpaired) electrons. The van der Waals surface area contributed by atoms with Gasteiger partial charge in [-0.05, 0) is 54.2 Å². The molecule has 0 bridgehead atoms. The smallest absolute Gasteiger partial charge is 0.340 e. The molecule has 0 saturated heterocycles. The summed E-state index contributed by atoms with van der Waals surface area (Å²) in [7, 11) is 1.33. The fourth-order valence-corrected chi connectivity index (χ4v) is 4.52. The second-order valence-electron chi connectivity index (χ2n) is 8.34. The van der Waals surface area contributed by atoms with Crippen LogP contribution in [0, 0.1) is 0 Å².